The van der Waals surface area contributed by atoms with Gasteiger partial charge < -0.3 is 11.1 Å². The molecule has 0 aliphatic heterocycles. The first-order chi connectivity index (χ1) is 8.22. The topological polar surface area (TPSA) is 74.7 Å². The Hall–Kier alpha value is -1.28. The SMILES string of the molecule is CC1CCCCCC1Nc1snc(N)c1C#N. The molecule has 4 nitrogen and oxygen atoms in total. The second-order valence-corrected chi connectivity index (χ2v) is 5.52. The van der Waals surface area contributed by atoms with Gasteiger partial charge in [-0.25, -0.2) is 0 Å². The fourth-order valence-electron chi connectivity index (χ4n) is 2.38. The summed E-state index contributed by atoms with van der Waals surface area (Å²) in [6.07, 6.45) is 6.32. The molecule has 0 radical (unpaired) electrons. The standard InChI is InChI=1S/C12H18N4S/c1-8-5-3-2-4-6-10(8)15-12-9(7-13)11(14)16-17-12/h8,10,15H,2-6H2,1H3,(H2,14,16). The Morgan fingerprint density at radius 3 is 2.94 bits per heavy atom. The summed E-state index contributed by atoms with van der Waals surface area (Å²) in [5.41, 5.74) is 6.17. The molecular weight excluding hydrogens is 232 g/mol. The van der Waals surface area contributed by atoms with E-state index in [1.165, 1.54) is 43.6 Å². The van der Waals surface area contributed by atoms with Gasteiger partial charge in [0.05, 0.1) is 0 Å². The molecule has 1 heterocycles. The highest BCUT2D eigenvalue weighted by Crippen LogP contribution is 2.31. The number of nitriles is 1. The summed E-state index contributed by atoms with van der Waals surface area (Å²) in [4.78, 5) is 0. The second kappa shape index (κ2) is 5.37. The van der Waals surface area contributed by atoms with Crippen molar-refractivity contribution in [3.8, 4) is 6.07 Å². The van der Waals surface area contributed by atoms with Crippen molar-refractivity contribution in [3.63, 3.8) is 0 Å². The molecule has 3 N–H and O–H groups in total. The van der Waals surface area contributed by atoms with E-state index >= 15 is 0 Å². The Bertz CT molecular complexity index is 421. The van der Waals surface area contributed by atoms with E-state index in [0.29, 0.717) is 23.3 Å². The van der Waals surface area contributed by atoms with E-state index in [9.17, 15) is 0 Å². The van der Waals surface area contributed by atoms with E-state index < -0.39 is 0 Å². The first kappa shape index (κ1) is 12.2. The zero-order valence-electron chi connectivity index (χ0n) is 10.1. The third-order valence-electron chi connectivity index (χ3n) is 3.51. The number of nitrogens with zero attached hydrogens (tertiary/aromatic N) is 2. The normalized spacial score (nSPS) is 24.9. The number of hydrogen-bond donors (Lipinski definition) is 2. The molecule has 0 amide bonds. The van der Waals surface area contributed by atoms with Gasteiger partial charge in [0, 0.05) is 6.04 Å². The van der Waals surface area contributed by atoms with Gasteiger partial charge in [0.1, 0.15) is 16.6 Å². The number of nitrogen functional groups attached to an aromatic ring is 1. The number of aromatic nitrogens is 1. The van der Waals surface area contributed by atoms with Crippen LogP contribution in [0.3, 0.4) is 0 Å². The van der Waals surface area contributed by atoms with Gasteiger partial charge >= 0.3 is 0 Å². The average Bonchev–Trinajstić information content (AvgIpc) is 2.54. The van der Waals surface area contributed by atoms with Crippen LogP contribution in [0.1, 0.15) is 44.6 Å². The molecule has 1 aliphatic rings. The van der Waals surface area contributed by atoms with Crippen molar-refractivity contribution in [2.24, 2.45) is 5.92 Å². The fourth-order valence-corrected chi connectivity index (χ4v) is 3.11. The van der Waals surface area contributed by atoms with E-state index in [1.807, 2.05) is 0 Å². The molecule has 17 heavy (non-hydrogen) atoms. The minimum atomic E-state index is 0.348. The van der Waals surface area contributed by atoms with Gasteiger partial charge in [0.15, 0.2) is 5.82 Å². The molecule has 2 unspecified atom stereocenters. The van der Waals surface area contributed by atoms with E-state index in [1.54, 1.807) is 0 Å². The smallest absolute Gasteiger partial charge is 0.157 e. The van der Waals surface area contributed by atoms with Crippen molar-refractivity contribution >= 4 is 22.4 Å². The Balaban J connectivity index is 2.11. The molecule has 0 aromatic carbocycles. The molecule has 92 valence electrons. The van der Waals surface area contributed by atoms with Gasteiger partial charge in [0.2, 0.25) is 0 Å². The zero-order chi connectivity index (χ0) is 12.3. The number of rotatable bonds is 2. The lowest BCUT2D eigenvalue weighted by molar-refractivity contribution is 0.457. The highest BCUT2D eigenvalue weighted by molar-refractivity contribution is 7.10. The summed E-state index contributed by atoms with van der Waals surface area (Å²) in [7, 11) is 0. The molecular formula is C12H18N4S. The number of hydrogen-bond acceptors (Lipinski definition) is 5. The predicted octanol–water partition coefficient (Wildman–Crippen LogP) is 2.98. The van der Waals surface area contributed by atoms with Gasteiger partial charge in [0.25, 0.3) is 0 Å². The van der Waals surface area contributed by atoms with Crippen molar-refractivity contribution in [1.29, 1.82) is 5.26 Å². The molecule has 1 aromatic rings. The summed E-state index contributed by atoms with van der Waals surface area (Å²) in [6.45, 7) is 2.28. The van der Waals surface area contributed by atoms with Gasteiger partial charge in [-0.15, -0.1) is 0 Å². The third-order valence-corrected chi connectivity index (χ3v) is 4.30. The summed E-state index contributed by atoms with van der Waals surface area (Å²) in [6, 6.07) is 2.57. The molecule has 0 bridgehead atoms. The quantitative estimate of drug-likeness (QED) is 0.791. The predicted molar refractivity (Wildman–Crippen MR) is 70.9 cm³/mol. The summed E-state index contributed by atoms with van der Waals surface area (Å²) in [5.74, 6) is 0.994. The molecule has 2 atom stereocenters. The first-order valence-corrected chi connectivity index (χ1v) is 6.91. The van der Waals surface area contributed by atoms with Crippen LogP contribution in [0.5, 0.6) is 0 Å². The number of anilines is 2. The van der Waals surface area contributed by atoms with E-state index in [-0.39, 0.29) is 0 Å². The summed E-state index contributed by atoms with van der Waals surface area (Å²) in [5, 5.41) is 13.3. The van der Waals surface area contributed by atoms with Crippen LogP contribution in [-0.4, -0.2) is 10.4 Å². The van der Waals surface area contributed by atoms with Gasteiger partial charge in [-0.05, 0) is 30.3 Å². The van der Waals surface area contributed by atoms with Crippen molar-refractivity contribution in [3.05, 3.63) is 5.56 Å². The molecule has 5 heteroatoms. The largest absolute Gasteiger partial charge is 0.382 e. The highest BCUT2D eigenvalue weighted by Gasteiger charge is 2.22. The van der Waals surface area contributed by atoms with Gasteiger partial charge in [-0.3, -0.25) is 0 Å². The lowest BCUT2D eigenvalue weighted by atomic mass is 9.97. The minimum absolute atomic E-state index is 0.348. The van der Waals surface area contributed by atoms with Crippen molar-refractivity contribution < 1.29 is 0 Å². The van der Waals surface area contributed by atoms with Crippen molar-refractivity contribution in [2.45, 2.75) is 45.1 Å². The maximum Gasteiger partial charge on any atom is 0.157 e. The molecule has 1 fully saturated rings. The van der Waals surface area contributed by atoms with Crippen LogP contribution in [0.15, 0.2) is 0 Å². The minimum Gasteiger partial charge on any atom is -0.382 e. The molecule has 1 aliphatic carbocycles. The highest BCUT2D eigenvalue weighted by atomic mass is 32.1. The Morgan fingerprint density at radius 1 is 1.41 bits per heavy atom. The van der Waals surface area contributed by atoms with Crippen LogP contribution in [0.2, 0.25) is 0 Å². The molecule has 2 rings (SSSR count). The van der Waals surface area contributed by atoms with Crippen LogP contribution in [0.25, 0.3) is 0 Å². The Labute approximate surface area is 106 Å². The van der Waals surface area contributed by atoms with Crippen LogP contribution < -0.4 is 11.1 Å². The van der Waals surface area contributed by atoms with E-state index in [0.717, 1.165) is 5.00 Å². The van der Waals surface area contributed by atoms with Crippen LogP contribution in [0, 0.1) is 17.2 Å². The Kier molecular flexibility index (Phi) is 3.85. The molecule has 0 spiro atoms. The Morgan fingerprint density at radius 2 is 2.18 bits per heavy atom. The van der Waals surface area contributed by atoms with E-state index in [4.69, 9.17) is 11.0 Å². The molecule has 0 saturated heterocycles. The van der Waals surface area contributed by atoms with E-state index in [2.05, 4.69) is 22.7 Å². The second-order valence-electron chi connectivity index (χ2n) is 4.75. The van der Waals surface area contributed by atoms with Crippen molar-refractivity contribution in [2.75, 3.05) is 11.1 Å². The summed E-state index contributed by atoms with van der Waals surface area (Å²) >= 11 is 1.29. The van der Waals surface area contributed by atoms with Crippen LogP contribution >= 0.6 is 11.5 Å². The van der Waals surface area contributed by atoms with Gasteiger partial charge in [-0.1, -0.05) is 26.2 Å². The molecule has 1 aromatic heterocycles. The van der Waals surface area contributed by atoms with Crippen LogP contribution in [-0.2, 0) is 0 Å². The lowest BCUT2D eigenvalue weighted by Crippen LogP contribution is -2.26. The maximum atomic E-state index is 9.04. The number of nitrogens with one attached hydrogen (secondary N) is 1. The monoisotopic (exact) mass is 250 g/mol. The van der Waals surface area contributed by atoms with Crippen molar-refractivity contribution in [1.82, 2.24) is 4.37 Å². The average molecular weight is 250 g/mol. The summed E-state index contributed by atoms with van der Waals surface area (Å²) < 4.78 is 4.04. The van der Waals surface area contributed by atoms with Gasteiger partial charge in [-0.2, -0.15) is 9.64 Å². The first-order valence-electron chi connectivity index (χ1n) is 6.14. The fraction of sp³-hybridized carbons (Fsp3) is 0.667. The lowest BCUT2D eigenvalue weighted by Gasteiger charge is -2.22. The third kappa shape index (κ3) is 2.70. The number of nitrogens with two attached hydrogens (primary N) is 1. The maximum absolute atomic E-state index is 9.04. The zero-order valence-corrected chi connectivity index (χ0v) is 10.9. The van der Waals surface area contributed by atoms with Crippen LogP contribution in [0.4, 0.5) is 10.8 Å². The molecule has 1 saturated carbocycles.